The van der Waals surface area contributed by atoms with Gasteiger partial charge in [0.15, 0.2) is 6.61 Å². The standard InChI is InChI=1S/C29H33ClN2O4/c1-4-21(2)31-29(34)27(17-22-10-6-5-7-11-22)32(19-23-12-8-14-25(16-23)35-3)28(33)20-36-26-15-9-13-24(30)18-26/h5-16,18,21,27H,4,17,19-20H2,1-3H3,(H,31,34)/t21-,27-/m0/s1. The van der Waals surface area contributed by atoms with Crippen molar-refractivity contribution in [3.63, 3.8) is 0 Å². The van der Waals surface area contributed by atoms with Crippen molar-refractivity contribution in [2.75, 3.05) is 13.7 Å². The van der Waals surface area contributed by atoms with E-state index in [4.69, 9.17) is 21.1 Å². The molecule has 0 heterocycles. The molecular weight excluding hydrogens is 476 g/mol. The second-order valence-electron chi connectivity index (χ2n) is 8.64. The maximum atomic E-state index is 13.6. The van der Waals surface area contributed by atoms with Gasteiger partial charge in [-0.05, 0) is 54.8 Å². The van der Waals surface area contributed by atoms with Crippen LogP contribution in [-0.2, 0) is 22.6 Å². The van der Waals surface area contributed by atoms with Crippen molar-refractivity contribution in [1.29, 1.82) is 0 Å². The van der Waals surface area contributed by atoms with Crippen LogP contribution in [0.25, 0.3) is 0 Å². The molecule has 0 aliphatic heterocycles. The molecule has 0 saturated carbocycles. The number of hydrogen-bond acceptors (Lipinski definition) is 4. The van der Waals surface area contributed by atoms with Gasteiger partial charge in [0.25, 0.3) is 5.91 Å². The molecule has 0 fully saturated rings. The highest BCUT2D eigenvalue weighted by Crippen LogP contribution is 2.20. The molecule has 1 N–H and O–H groups in total. The van der Waals surface area contributed by atoms with Crippen LogP contribution in [0.1, 0.15) is 31.4 Å². The molecule has 2 amide bonds. The summed E-state index contributed by atoms with van der Waals surface area (Å²) in [6.07, 6.45) is 1.15. The molecule has 3 rings (SSSR count). The molecule has 0 unspecified atom stereocenters. The lowest BCUT2D eigenvalue weighted by molar-refractivity contribution is -0.143. The molecule has 0 aromatic heterocycles. The van der Waals surface area contributed by atoms with E-state index in [1.54, 1.807) is 36.3 Å². The third kappa shape index (κ3) is 8.02. The van der Waals surface area contributed by atoms with Crippen molar-refractivity contribution in [3.8, 4) is 11.5 Å². The molecule has 3 aromatic rings. The molecule has 0 saturated heterocycles. The number of amides is 2. The molecule has 36 heavy (non-hydrogen) atoms. The second kappa shape index (κ2) is 13.5. The molecule has 7 heteroatoms. The fourth-order valence-corrected chi connectivity index (χ4v) is 3.93. The topological polar surface area (TPSA) is 67.9 Å². The normalized spacial score (nSPS) is 12.3. The average molecular weight is 509 g/mol. The van der Waals surface area contributed by atoms with E-state index in [0.29, 0.717) is 22.9 Å². The van der Waals surface area contributed by atoms with Gasteiger partial charge in [-0.3, -0.25) is 9.59 Å². The van der Waals surface area contributed by atoms with Gasteiger partial charge < -0.3 is 19.7 Å². The molecule has 6 nitrogen and oxygen atoms in total. The van der Waals surface area contributed by atoms with Crippen LogP contribution in [0.2, 0.25) is 5.02 Å². The maximum absolute atomic E-state index is 13.6. The summed E-state index contributed by atoms with van der Waals surface area (Å²) in [6.45, 7) is 3.95. The van der Waals surface area contributed by atoms with Crippen molar-refractivity contribution < 1.29 is 19.1 Å². The number of benzene rings is 3. The third-order valence-electron chi connectivity index (χ3n) is 5.92. The Hall–Kier alpha value is -3.51. The Morgan fingerprint density at radius 1 is 0.944 bits per heavy atom. The number of rotatable bonds is 12. The van der Waals surface area contributed by atoms with Gasteiger partial charge in [0, 0.05) is 24.0 Å². The fraction of sp³-hybridized carbons (Fsp3) is 0.310. The molecular formula is C29H33ClN2O4. The molecule has 0 aliphatic carbocycles. The number of ether oxygens (including phenoxy) is 2. The Morgan fingerprint density at radius 2 is 1.64 bits per heavy atom. The van der Waals surface area contributed by atoms with Crippen LogP contribution in [0.5, 0.6) is 11.5 Å². The van der Waals surface area contributed by atoms with E-state index in [-0.39, 0.29) is 31.0 Å². The first-order valence-electron chi connectivity index (χ1n) is 12.0. The van der Waals surface area contributed by atoms with E-state index < -0.39 is 6.04 Å². The number of methoxy groups -OCH3 is 1. The quantitative estimate of drug-likeness (QED) is 0.361. The van der Waals surface area contributed by atoms with Crippen LogP contribution < -0.4 is 14.8 Å². The van der Waals surface area contributed by atoms with Crippen LogP contribution in [-0.4, -0.2) is 42.5 Å². The number of carbonyl (C=O) groups excluding carboxylic acids is 2. The van der Waals surface area contributed by atoms with Crippen molar-refractivity contribution in [2.24, 2.45) is 0 Å². The summed E-state index contributed by atoms with van der Waals surface area (Å²) in [5.41, 5.74) is 1.81. The summed E-state index contributed by atoms with van der Waals surface area (Å²) in [4.78, 5) is 28.7. The van der Waals surface area contributed by atoms with Crippen LogP contribution in [0, 0.1) is 0 Å². The summed E-state index contributed by atoms with van der Waals surface area (Å²) < 4.78 is 11.1. The van der Waals surface area contributed by atoms with E-state index in [9.17, 15) is 9.59 Å². The number of hydrogen-bond donors (Lipinski definition) is 1. The molecule has 0 spiro atoms. The molecule has 0 bridgehead atoms. The highest BCUT2D eigenvalue weighted by Gasteiger charge is 2.31. The lowest BCUT2D eigenvalue weighted by Crippen LogP contribution is -2.53. The van der Waals surface area contributed by atoms with Gasteiger partial charge in [-0.15, -0.1) is 0 Å². The first kappa shape index (κ1) is 27.1. The predicted octanol–water partition coefficient (Wildman–Crippen LogP) is 5.28. The first-order chi connectivity index (χ1) is 17.4. The van der Waals surface area contributed by atoms with E-state index >= 15 is 0 Å². The zero-order valence-corrected chi connectivity index (χ0v) is 21.7. The Morgan fingerprint density at radius 3 is 2.33 bits per heavy atom. The highest BCUT2D eigenvalue weighted by atomic mass is 35.5. The summed E-state index contributed by atoms with van der Waals surface area (Å²) in [7, 11) is 1.60. The lowest BCUT2D eigenvalue weighted by atomic mass is 10.0. The zero-order chi connectivity index (χ0) is 25.9. The van der Waals surface area contributed by atoms with Gasteiger partial charge in [-0.25, -0.2) is 0 Å². The number of nitrogens with zero attached hydrogens (tertiary/aromatic N) is 1. The van der Waals surface area contributed by atoms with Crippen LogP contribution >= 0.6 is 11.6 Å². The Balaban J connectivity index is 1.93. The molecule has 3 aromatic carbocycles. The average Bonchev–Trinajstić information content (AvgIpc) is 2.89. The largest absolute Gasteiger partial charge is 0.497 e. The number of halogens is 1. The smallest absolute Gasteiger partial charge is 0.261 e. The van der Waals surface area contributed by atoms with E-state index in [2.05, 4.69) is 5.32 Å². The third-order valence-corrected chi connectivity index (χ3v) is 6.15. The van der Waals surface area contributed by atoms with Gasteiger partial charge in [0.2, 0.25) is 5.91 Å². The summed E-state index contributed by atoms with van der Waals surface area (Å²) in [5.74, 6) is 0.657. The monoisotopic (exact) mass is 508 g/mol. The molecule has 0 aliphatic rings. The minimum absolute atomic E-state index is 0.0211. The van der Waals surface area contributed by atoms with Gasteiger partial charge in [0.05, 0.1) is 7.11 Å². The van der Waals surface area contributed by atoms with Crippen LogP contribution in [0.15, 0.2) is 78.9 Å². The van der Waals surface area contributed by atoms with Crippen molar-refractivity contribution in [1.82, 2.24) is 10.2 Å². The van der Waals surface area contributed by atoms with E-state index in [1.807, 2.05) is 68.4 Å². The Labute approximate surface area is 218 Å². The first-order valence-corrected chi connectivity index (χ1v) is 12.4. The Bertz CT molecular complexity index is 1140. The van der Waals surface area contributed by atoms with Gasteiger partial charge in [-0.1, -0.05) is 67.1 Å². The SMILES string of the molecule is CC[C@H](C)NC(=O)[C@H](Cc1ccccc1)N(Cc1cccc(OC)c1)C(=O)COc1cccc(Cl)c1. The molecule has 0 radical (unpaired) electrons. The number of carbonyl (C=O) groups is 2. The highest BCUT2D eigenvalue weighted by molar-refractivity contribution is 6.30. The summed E-state index contributed by atoms with van der Waals surface area (Å²) >= 11 is 6.06. The predicted molar refractivity (Wildman–Crippen MR) is 142 cm³/mol. The van der Waals surface area contributed by atoms with Crippen molar-refractivity contribution in [2.45, 2.75) is 45.3 Å². The summed E-state index contributed by atoms with van der Waals surface area (Å²) in [6, 6.07) is 23.3. The van der Waals surface area contributed by atoms with E-state index in [0.717, 1.165) is 17.5 Å². The number of nitrogens with one attached hydrogen (secondary N) is 1. The molecule has 2 atom stereocenters. The lowest BCUT2D eigenvalue weighted by Gasteiger charge is -2.32. The van der Waals surface area contributed by atoms with Gasteiger partial charge in [-0.2, -0.15) is 0 Å². The minimum atomic E-state index is -0.733. The van der Waals surface area contributed by atoms with Crippen LogP contribution in [0.4, 0.5) is 0 Å². The van der Waals surface area contributed by atoms with Crippen LogP contribution in [0.3, 0.4) is 0 Å². The van der Waals surface area contributed by atoms with Crippen molar-refractivity contribution in [3.05, 3.63) is 95.0 Å². The molecule has 190 valence electrons. The second-order valence-corrected chi connectivity index (χ2v) is 9.08. The van der Waals surface area contributed by atoms with Gasteiger partial charge >= 0.3 is 0 Å². The maximum Gasteiger partial charge on any atom is 0.261 e. The fourth-order valence-electron chi connectivity index (χ4n) is 3.75. The zero-order valence-electron chi connectivity index (χ0n) is 20.9. The van der Waals surface area contributed by atoms with E-state index in [1.165, 1.54) is 0 Å². The van der Waals surface area contributed by atoms with Crippen molar-refractivity contribution >= 4 is 23.4 Å². The Kier molecular flexibility index (Phi) is 10.2. The van der Waals surface area contributed by atoms with Gasteiger partial charge in [0.1, 0.15) is 17.5 Å². The summed E-state index contributed by atoms with van der Waals surface area (Å²) in [5, 5.41) is 3.58. The minimum Gasteiger partial charge on any atom is -0.497 e.